The maximum absolute atomic E-state index is 5.19. The normalized spacial score (nSPS) is 12.2. The molecule has 0 spiro atoms. The van der Waals surface area contributed by atoms with E-state index in [0.29, 0.717) is 0 Å². The first kappa shape index (κ1) is 30.5. The van der Waals surface area contributed by atoms with Crippen LogP contribution < -0.4 is 0 Å². The SMILES string of the molecule is c1ccc(-n2c3ccccc3c3c4cc(-n5c6ccccc6c6ccccc65)ccc4n(-c4cccc(-n5c6ccccc6n6c7ccccc7nc56)c4)c32)cc1. The lowest BCUT2D eigenvalue weighted by atomic mass is 10.1. The molecule has 13 rings (SSSR count). The fourth-order valence-corrected chi connectivity index (χ4v) is 9.55. The number of benzene rings is 8. The van der Waals surface area contributed by atoms with Gasteiger partial charge < -0.3 is 4.57 Å². The lowest BCUT2D eigenvalue weighted by molar-refractivity contribution is 1.05. The summed E-state index contributed by atoms with van der Waals surface area (Å²) in [6.45, 7) is 0. The van der Waals surface area contributed by atoms with Crippen LogP contribution in [0.3, 0.4) is 0 Å². The molecule has 57 heavy (non-hydrogen) atoms. The van der Waals surface area contributed by atoms with E-state index in [-0.39, 0.29) is 0 Å². The minimum Gasteiger partial charge on any atom is -0.309 e. The Morgan fingerprint density at radius 1 is 0.298 bits per heavy atom. The molecule has 0 unspecified atom stereocenters. The Hall–Kier alpha value is -7.83. The van der Waals surface area contributed by atoms with Gasteiger partial charge in [-0.05, 0) is 91.0 Å². The average molecular weight is 729 g/mol. The predicted octanol–water partition coefficient (Wildman–Crippen LogP) is 12.6. The van der Waals surface area contributed by atoms with Crippen molar-refractivity contribution in [3.63, 3.8) is 0 Å². The third kappa shape index (κ3) is 4.10. The number of para-hydroxylation sites is 8. The van der Waals surface area contributed by atoms with Crippen molar-refractivity contribution in [1.82, 2.24) is 27.7 Å². The van der Waals surface area contributed by atoms with Crippen molar-refractivity contribution in [3.8, 4) is 22.7 Å². The Labute approximate surface area is 325 Å². The second-order valence-corrected chi connectivity index (χ2v) is 14.9. The van der Waals surface area contributed by atoms with E-state index in [1.54, 1.807) is 0 Å². The highest BCUT2D eigenvalue weighted by Crippen LogP contribution is 2.43. The summed E-state index contributed by atoms with van der Waals surface area (Å²) in [7, 11) is 0. The van der Waals surface area contributed by atoms with E-state index in [4.69, 9.17) is 4.98 Å². The van der Waals surface area contributed by atoms with E-state index >= 15 is 0 Å². The van der Waals surface area contributed by atoms with Crippen molar-refractivity contribution in [3.05, 3.63) is 194 Å². The topological polar surface area (TPSA) is 37.0 Å². The molecule has 6 nitrogen and oxygen atoms in total. The molecule has 0 saturated carbocycles. The smallest absolute Gasteiger partial charge is 0.220 e. The molecule has 0 saturated heterocycles. The maximum Gasteiger partial charge on any atom is 0.220 e. The molecule has 0 fully saturated rings. The molecule has 0 bridgehead atoms. The summed E-state index contributed by atoms with van der Waals surface area (Å²) in [5.41, 5.74) is 14.5. The van der Waals surface area contributed by atoms with E-state index in [2.05, 4.69) is 217 Å². The van der Waals surface area contributed by atoms with Crippen LogP contribution in [0.5, 0.6) is 0 Å². The summed E-state index contributed by atoms with van der Waals surface area (Å²) >= 11 is 0. The molecular formula is C51H32N6. The molecule has 0 atom stereocenters. The molecule has 6 heteroatoms. The van der Waals surface area contributed by atoms with Gasteiger partial charge in [-0.3, -0.25) is 18.1 Å². The van der Waals surface area contributed by atoms with Crippen LogP contribution in [0.4, 0.5) is 0 Å². The highest BCUT2D eigenvalue weighted by molar-refractivity contribution is 6.23. The first-order valence-corrected chi connectivity index (χ1v) is 19.4. The summed E-state index contributed by atoms with van der Waals surface area (Å²) in [5, 5.41) is 6.16. The van der Waals surface area contributed by atoms with Gasteiger partial charge in [0.15, 0.2) is 0 Å². The highest BCUT2D eigenvalue weighted by Gasteiger charge is 2.24. The fourth-order valence-electron chi connectivity index (χ4n) is 9.55. The first-order chi connectivity index (χ1) is 28.3. The molecule has 0 aliphatic carbocycles. The zero-order chi connectivity index (χ0) is 37.2. The van der Waals surface area contributed by atoms with Crippen molar-refractivity contribution in [1.29, 1.82) is 0 Å². The molecule has 5 heterocycles. The van der Waals surface area contributed by atoms with Gasteiger partial charge in [-0.25, -0.2) is 4.98 Å². The quantitative estimate of drug-likeness (QED) is 0.178. The number of rotatable bonds is 4. The lowest BCUT2D eigenvalue weighted by Crippen LogP contribution is -2.03. The molecule has 13 aromatic rings. The molecule has 8 aromatic carbocycles. The Morgan fingerprint density at radius 2 is 0.807 bits per heavy atom. The molecule has 0 amide bonds. The third-order valence-electron chi connectivity index (χ3n) is 11.9. The van der Waals surface area contributed by atoms with Gasteiger partial charge in [0.1, 0.15) is 5.65 Å². The lowest BCUT2D eigenvalue weighted by Gasteiger charge is -2.15. The Balaban J connectivity index is 1.14. The maximum atomic E-state index is 5.19. The minimum atomic E-state index is 0.895. The third-order valence-corrected chi connectivity index (χ3v) is 11.9. The van der Waals surface area contributed by atoms with Crippen LogP contribution in [0.2, 0.25) is 0 Å². The van der Waals surface area contributed by atoms with Gasteiger partial charge in [-0.1, -0.05) is 103 Å². The monoisotopic (exact) mass is 728 g/mol. The number of fused-ring (bicyclic) bond motifs is 13. The number of imidazole rings is 2. The molecule has 0 aliphatic rings. The standard InChI is InChI=1S/C51H32N6/c1-2-15-33(16-3-1)54-44-25-10-6-21-39(44)49-40-32-36(53-42-23-8-4-19-37(42)38-20-5-9-24-43(38)53)29-30-45(40)55(50(49)54)34-17-14-18-35(31-34)56-47-27-12-13-28-48(47)57-46-26-11-7-22-41(46)52-51(56)57/h1-32H. The molecule has 0 aliphatic heterocycles. The van der Waals surface area contributed by atoms with Crippen LogP contribution >= 0.6 is 0 Å². The summed E-state index contributed by atoms with van der Waals surface area (Å²) in [4.78, 5) is 5.19. The molecule has 5 aromatic heterocycles. The average Bonchev–Trinajstić information content (AvgIpc) is 4.06. The van der Waals surface area contributed by atoms with Gasteiger partial charge in [-0.2, -0.15) is 0 Å². The molecule has 0 radical (unpaired) electrons. The second-order valence-electron chi connectivity index (χ2n) is 14.9. The first-order valence-electron chi connectivity index (χ1n) is 19.4. The van der Waals surface area contributed by atoms with Gasteiger partial charge in [-0.15, -0.1) is 0 Å². The van der Waals surface area contributed by atoms with Crippen LogP contribution in [-0.2, 0) is 0 Å². The van der Waals surface area contributed by atoms with Crippen LogP contribution in [-0.4, -0.2) is 27.7 Å². The number of hydrogen-bond acceptors (Lipinski definition) is 1. The zero-order valence-electron chi connectivity index (χ0n) is 30.7. The van der Waals surface area contributed by atoms with E-state index in [1.165, 1.54) is 43.5 Å². The Bertz CT molecular complexity index is 3700. The van der Waals surface area contributed by atoms with Gasteiger partial charge in [0, 0.05) is 44.0 Å². The summed E-state index contributed by atoms with van der Waals surface area (Å²) in [6, 6.07) is 70.0. The van der Waals surface area contributed by atoms with Crippen molar-refractivity contribution in [2.45, 2.75) is 0 Å². The Kier molecular flexibility index (Phi) is 6.07. The highest BCUT2D eigenvalue weighted by atomic mass is 15.2. The molecule has 266 valence electrons. The zero-order valence-corrected chi connectivity index (χ0v) is 30.7. The summed E-state index contributed by atoms with van der Waals surface area (Å²) in [6.07, 6.45) is 0. The summed E-state index contributed by atoms with van der Waals surface area (Å²) < 4.78 is 11.9. The van der Waals surface area contributed by atoms with Gasteiger partial charge in [0.2, 0.25) is 5.78 Å². The van der Waals surface area contributed by atoms with Crippen LogP contribution in [0.15, 0.2) is 194 Å². The minimum absolute atomic E-state index is 0.895. The van der Waals surface area contributed by atoms with E-state index in [1.807, 2.05) is 0 Å². The van der Waals surface area contributed by atoms with E-state index in [9.17, 15) is 0 Å². The number of nitrogens with zero attached hydrogens (tertiary/aromatic N) is 6. The van der Waals surface area contributed by atoms with Crippen LogP contribution in [0.1, 0.15) is 0 Å². The van der Waals surface area contributed by atoms with Crippen molar-refractivity contribution < 1.29 is 0 Å². The number of hydrogen-bond donors (Lipinski definition) is 0. The molecular weight excluding hydrogens is 697 g/mol. The number of aromatic nitrogens is 6. The predicted molar refractivity (Wildman–Crippen MR) is 235 cm³/mol. The molecule has 0 N–H and O–H groups in total. The van der Waals surface area contributed by atoms with Gasteiger partial charge in [0.05, 0.1) is 49.8 Å². The second kappa shape index (κ2) is 11.4. The largest absolute Gasteiger partial charge is 0.309 e. The van der Waals surface area contributed by atoms with E-state index < -0.39 is 0 Å². The van der Waals surface area contributed by atoms with Gasteiger partial charge >= 0.3 is 0 Å². The fraction of sp³-hybridized carbons (Fsp3) is 0. The van der Waals surface area contributed by atoms with Crippen molar-refractivity contribution in [2.24, 2.45) is 0 Å². The van der Waals surface area contributed by atoms with Crippen molar-refractivity contribution >= 4 is 82.5 Å². The van der Waals surface area contributed by atoms with E-state index in [0.717, 1.165) is 61.8 Å². The van der Waals surface area contributed by atoms with Crippen molar-refractivity contribution in [2.75, 3.05) is 0 Å². The van der Waals surface area contributed by atoms with Crippen LogP contribution in [0.25, 0.3) is 105 Å². The van der Waals surface area contributed by atoms with Gasteiger partial charge in [0.25, 0.3) is 0 Å². The van der Waals surface area contributed by atoms with Crippen LogP contribution in [0, 0.1) is 0 Å². The Morgan fingerprint density at radius 3 is 1.54 bits per heavy atom. The summed E-state index contributed by atoms with van der Waals surface area (Å²) in [5.74, 6) is 0.895.